The van der Waals surface area contributed by atoms with Crippen LogP contribution >= 0.6 is 0 Å². The minimum absolute atomic E-state index is 0.347. The summed E-state index contributed by atoms with van der Waals surface area (Å²) in [5.74, 6) is 1.96. The van der Waals surface area contributed by atoms with E-state index in [-0.39, 0.29) is 0 Å². The number of carbonyl (C=O) groups excluding carboxylic acids is 1. The Kier molecular flexibility index (Phi) is 5.43. The second-order valence-electron chi connectivity index (χ2n) is 6.80. The smallest absolute Gasteiger partial charge is 0.163 e. The highest BCUT2D eigenvalue weighted by atomic mass is 16.5. The Morgan fingerprint density at radius 3 is 2.14 bits per heavy atom. The van der Waals surface area contributed by atoms with Crippen molar-refractivity contribution in [2.24, 2.45) is 5.92 Å². The molecule has 0 radical (unpaired) electrons. The Hall–Kier alpha value is -1.51. The minimum atomic E-state index is -0.729. The molecular weight excluding hydrogens is 264 g/mol. The Balaban J connectivity index is 0.000000491. The lowest BCUT2D eigenvalue weighted by molar-refractivity contribution is -0.121. The molecule has 3 nitrogen and oxygen atoms in total. The van der Waals surface area contributed by atoms with Gasteiger partial charge in [0.25, 0.3) is 0 Å². The summed E-state index contributed by atoms with van der Waals surface area (Å²) in [6, 6.07) is 0. The van der Waals surface area contributed by atoms with Crippen LogP contribution in [0.1, 0.15) is 56.4 Å². The van der Waals surface area contributed by atoms with E-state index in [0.717, 1.165) is 46.6 Å². The zero-order valence-electron chi connectivity index (χ0n) is 14.3. The van der Waals surface area contributed by atoms with Crippen LogP contribution in [0, 0.1) is 26.7 Å². The van der Waals surface area contributed by atoms with Gasteiger partial charge in [-0.05, 0) is 63.1 Å². The highest BCUT2D eigenvalue weighted by Crippen LogP contribution is 2.42. The molecular formula is C18H28O3. The van der Waals surface area contributed by atoms with Crippen molar-refractivity contribution in [3.63, 3.8) is 0 Å². The molecule has 3 heteroatoms. The topological polar surface area (TPSA) is 46.5 Å². The average molecular weight is 292 g/mol. The van der Waals surface area contributed by atoms with Gasteiger partial charge >= 0.3 is 0 Å². The van der Waals surface area contributed by atoms with Crippen LogP contribution < -0.4 is 4.74 Å². The zero-order valence-corrected chi connectivity index (χ0v) is 14.3. The molecule has 1 aliphatic heterocycles. The molecule has 1 aromatic carbocycles. The van der Waals surface area contributed by atoms with Crippen LogP contribution in [0.25, 0.3) is 0 Å². The number of aldehydes is 1. The highest BCUT2D eigenvalue weighted by molar-refractivity contribution is 5.66. The Labute approximate surface area is 128 Å². The number of carbonyl (C=O) groups is 1. The summed E-state index contributed by atoms with van der Waals surface area (Å²) in [4.78, 5) is 11.1. The van der Waals surface area contributed by atoms with Crippen molar-refractivity contribution < 1.29 is 14.6 Å². The van der Waals surface area contributed by atoms with Gasteiger partial charge in [-0.15, -0.1) is 0 Å². The molecule has 21 heavy (non-hydrogen) atoms. The number of hydrogen-bond acceptors (Lipinski definition) is 3. The van der Waals surface area contributed by atoms with Gasteiger partial charge in [-0.2, -0.15) is 0 Å². The summed E-state index contributed by atoms with van der Waals surface area (Å²) < 4.78 is 5.84. The van der Waals surface area contributed by atoms with Crippen LogP contribution in [-0.2, 0) is 11.2 Å². The van der Waals surface area contributed by atoms with Gasteiger partial charge in [0.15, 0.2) is 11.9 Å². The molecule has 1 N–H and O–H groups in total. The van der Waals surface area contributed by atoms with E-state index in [1.807, 2.05) is 20.8 Å². The number of ether oxygens (including phenoxy) is 1. The molecule has 0 aromatic heterocycles. The van der Waals surface area contributed by atoms with Gasteiger partial charge in [-0.1, -0.05) is 20.8 Å². The molecule has 0 saturated heterocycles. The van der Waals surface area contributed by atoms with Gasteiger partial charge in [0.1, 0.15) is 11.5 Å². The molecule has 1 atom stereocenters. The summed E-state index contributed by atoms with van der Waals surface area (Å²) in [5.41, 5.74) is 2.93. The SMILES string of the molecule is CC(C)C.Cc1c(C)c2c(c(C)c1O)CC[C@@](C)(C=O)O2. The van der Waals surface area contributed by atoms with Crippen LogP contribution in [0.3, 0.4) is 0 Å². The molecule has 0 aliphatic carbocycles. The predicted octanol–water partition coefficient (Wildman–Crippen LogP) is 4.26. The van der Waals surface area contributed by atoms with Crippen LogP contribution in [0.4, 0.5) is 0 Å². The van der Waals surface area contributed by atoms with Gasteiger partial charge < -0.3 is 9.84 Å². The third-order valence-corrected chi connectivity index (χ3v) is 3.80. The summed E-state index contributed by atoms with van der Waals surface area (Å²) in [6.45, 7) is 14.0. The van der Waals surface area contributed by atoms with E-state index in [4.69, 9.17) is 4.74 Å². The molecule has 1 aromatic rings. The Morgan fingerprint density at radius 1 is 1.14 bits per heavy atom. The molecule has 2 rings (SSSR count). The van der Waals surface area contributed by atoms with E-state index in [1.54, 1.807) is 6.92 Å². The van der Waals surface area contributed by atoms with E-state index < -0.39 is 5.60 Å². The van der Waals surface area contributed by atoms with E-state index in [2.05, 4.69) is 20.8 Å². The zero-order chi connectivity index (χ0) is 16.4. The fourth-order valence-electron chi connectivity index (χ4n) is 2.35. The molecule has 1 aliphatic rings. The van der Waals surface area contributed by atoms with Gasteiger partial charge in [0.05, 0.1) is 0 Å². The van der Waals surface area contributed by atoms with Crippen molar-refractivity contribution in [1.29, 1.82) is 0 Å². The maximum absolute atomic E-state index is 11.1. The van der Waals surface area contributed by atoms with Crippen molar-refractivity contribution in [3.8, 4) is 11.5 Å². The van der Waals surface area contributed by atoms with Crippen molar-refractivity contribution in [1.82, 2.24) is 0 Å². The molecule has 0 saturated carbocycles. The Bertz CT molecular complexity index is 529. The molecule has 0 bridgehead atoms. The van der Waals surface area contributed by atoms with E-state index in [1.165, 1.54) is 0 Å². The quantitative estimate of drug-likeness (QED) is 0.787. The second kappa shape index (κ2) is 6.50. The summed E-state index contributed by atoms with van der Waals surface area (Å²) in [6.07, 6.45) is 2.30. The first-order valence-electron chi connectivity index (χ1n) is 7.60. The average Bonchev–Trinajstić information content (AvgIpc) is 2.42. The molecule has 1 heterocycles. The normalized spacial score (nSPS) is 20.2. The largest absolute Gasteiger partial charge is 0.507 e. The first-order valence-corrected chi connectivity index (χ1v) is 7.60. The summed E-state index contributed by atoms with van der Waals surface area (Å²) >= 11 is 0. The maximum atomic E-state index is 11.1. The van der Waals surface area contributed by atoms with E-state index in [9.17, 15) is 9.90 Å². The first-order chi connectivity index (χ1) is 9.63. The number of fused-ring (bicyclic) bond motifs is 1. The molecule has 0 spiro atoms. The third-order valence-electron chi connectivity index (χ3n) is 3.80. The molecule has 0 fully saturated rings. The lowest BCUT2D eigenvalue weighted by Crippen LogP contribution is -2.38. The van der Waals surface area contributed by atoms with Gasteiger partial charge in [-0.25, -0.2) is 0 Å². The van der Waals surface area contributed by atoms with Crippen molar-refractivity contribution in [2.45, 2.75) is 66.9 Å². The predicted molar refractivity (Wildman–Crippen MR) is 86.2 cm³/mol. The number of phenols is 1. The molecule has 0 unspecified atom stereocenters. The van der Waals surface area contributed by atoms with Crippen LogP contribution in [0.2, 0.25) is 0 Å². The lowest BCUT2D eigenvalue weighted by Gasteiger charge is -2.34. The Morgan fingerprint density at radius 2 is 1.67 bits per heavy atom. The number of phenolic OH excluding ortho intramolecular Hbond substituents is 1. The van der Waals surface area contributed by atoms with Crippen LogP contribution in [0.15, 0.2) is 0 Å². The molecule has 0 amide bonds. The highest BCUT2D eigenvalue weighted by Gasteiger charge is 2.34. The molecule has 118 valence electrons. The van der Waals surface area contributed by atoms with Crippen LogP contribution in [-0.4, -0.2) is 17.0 Å². The maximum Gasteiger partial charge on any atom is 0.163 e. The number of aromatic hydroxyl groups is 1. The van der Waals surface area contributed by atoms with Gasteiger partial charge in [0.2, 0.25) is 0 Å². The standard InChI is InChI=1S/C14H18O3.C4H10/c1-8-9(2)13-11(10(3)12(8)16)5-6-14(4,7-15)17-13;1-4(2)3/h7,16H,5-6H2,1-4H3;4H,1-3H3/t14-;/m0./s1. The monoisotopic (exact) mass is 292 g/mol. The van der Waals surface area contributed by atoms with E-state index >= 15 is 0 Å². The number of rotatable bonds is 1. The summed E-state index contributed by atoms with van der Waals surface area (Å²) in [5, 5.41) is 10.0. The summed E-state index contributed by atoms with van der Waals surface area (Å²) in [7, 11) is 0. The number of hydrogen-bond donors (Lipinski definition) is 1. The van der Waals surface area contributed by atoms with Gasteiger partial charge in [0, 0.05) is 5.56 Å². The van der Waals surface area contributed by atoms with Crippen LogP contribution in [0.5, 0.6) is 11.5 Å². The second-order valence-corrected chi connectivity index (χ2v) is 6.80. The van der Waals surface area contributed by atoms with E-state index in [0.29, 0.717) is 12.2 Å². The fourth-order valence-corrected chi connectivity index (χ4v) is 2.35. The van der Waals surface area contributed by atoms with Gasteiger partial charge in [-0.3, -0.25) is 4.79 Å². The minimum Gasteiger partial charge on any atom is -0.507 e. The third kappa shape index (κ3) is 3.78. The first kappa shape index (κ1) is 17.5. The van der Waals surface area contributed by atoms with Crippen molar-refractivity contribution in [3.05, 3.63) is 22.3 Å². The lowest BCUT2D eigenvalue weighted by atomic mass is 9.88. The van der Waals surface area contributed by atoms with Crippen molar-refractivity contribution >= 4 is 6.29 Å². The number of benzene rings is 1. The van der Waals surface area contributed by atoms with Crippen molar-refractivity contribution in [2.75, 3.05) is 0 Å². The fraction of sp³-hybridized carbons (Fsp3) is 0.611.